The van der Waals surface area contributed by atoms with Gasteiger partial charge in [0.1, 0.15) is 6.04 Å². The molecule has 286 valence electrons. The van der Waals surface area contributed by atoms with Gasteiger partial charge in [0.05, 0.1) is 28.3 Å². The van der Waals surface area contributed by atoms with Gasteiger partial charge in [-0.1, -0.05) is 32.9 Å². The van der Waals surface area contributed by atoms with Gasteiger partial charge in [-0.05, 0) is 79.0 Å². The van der Waals surface area contributed by atoms with Crippen molar-refractivity contribution in [3.63, 3.8) is 0 Å². The Morgan fingerprint density at radius 3 is 2.46 bits per heavy atom. The van der Waals surface area contributed by atoms with Crippen LogP contribution < -0.4 is 10.2 Å². The zero-order valence-corrected chi connectivity index (χ0v) is 32.4. The molecule has 4 aliphatic rings. The number of hydrogen-bond acceptors (Lipinski definition) is 9. The summed E-state index contributed by atoms with van der Waals surface area (Å²) in [5.74, 6) is -1.34. The quantitative estimate of drug-likeness (QED) is 0.127. The number of amides is 5. The number of carbonyl (C=O) groups excluding carboxylic acids is 6. The van der Waals surface area contributed by atoms with Gasteiger partial charge < -0.3 is 14.8 Å². The molecule has 2 saturated heterocycles. The first-order chi connectivity index (χ1) is 26.9. The maximum Gasteiger partial charge on any atom is 0.263 e. The standard InChI is InChI=1S/C43H42N6O6S/c1-4-25-21-28-29(43(2,3)39-37(38(28)52)26-12-11-24(23-44)20-30(26)45-39)22-32(25)47-15-17-48(18-16-47)35(51)10-5-6-19-56-33-9-7-8-27-36(33)42(55)49(41(27)54)31-13-14-34(50)46-40(31)53/h7-9,11-12,20-22,31,45H,4-6,10,13-19H2,1-3H3,(H,46,50,53). The second-order valence-electron chi connectivity index (χ2n) is 15.4. The molecule has 3 aliphatic heterocycles. The normalized spacial score (nSPS) is 18.9. The highest BCUT2D eigenvalue weighted by Crippen LogP contribution is 2.46. The van der Waals surface area contributed by atoms with Crippen LogP contribution in [0, 0.1) is 11.3 Å². The predicted octanol–water partition coefficient (Wildman–Crippen LogP) is 5.48. The number of benzene rings is 3. The molecule has 13 heteroatoms. The summed E-state index contributed by atoms with van der Waals surface area (Å²) in [6, 6.07) is 15.9. The Morgan fingerprint density at radius 2 is 1.73 bits per heavy atom. The molecule has 12 nitrogen and oxygen atoms in total. The summed E-state index contributed by atoms with van der Waals surface area (Å²) in [6.07, 6.45) is 2.76. The second kappa shape index (κ2) is 14.4. The molecule has 3 aromatic carbocycles. The van der Waals surface area contributed by atoms with Gasteiger partial charge in [0.25, 0.3) is 11.8 Å². The van der Waals surface area contributed by atoms with E-state index in [4.69, 9.17) is 0 Å². The Bertz CT molecular complexity index is 2420. The van der Waals surface area contributed by atoms with Crippen molar-refractivity contribution in [1.82, 2.24) is 20.1 Å². The maximum absolute atomic E-state index is 14.1. The number of aryl methyl sites for hydroxylation is 1. The van der Waals surface area contributed by atoms with E-state index in [1.165, 1.54) is 11.8 Å². The highest BCUT2D eigenvalue weighted by atomic mass is 32.2. The van der Waals surface area contributed by atoms with Crippen molar-refractivity contribution in [2.45, 2.75) is 75.6 Å². The lowest BCUT2D eigenvalue weighted by molar-refractivity contribution is -0.136. The first kappa shape index (κ1) is 37.2. The van der Waals surface area contributed by atoms with E-state index < -0.39 is 35.1 Å². The van der Waals surface area contributed by atoms with Gasteiger partial charge in [-0.3, -0.25) is 39.0 Å². The lowest BCUT2D eigenvalue weighted by Gasteiger charge is -2.39. The predicted molar refractivity (Wildman–Crippen MR) is 211 cm³/mol. The molecular formula is C43H42N6O6S. The minimum atomic E-state index is -1.01. The van der Waals surface area contributed by atoms with Crippen LogP contribution in [0.25, 0.3) is 10.9 Å². The number of aromatic amines is 1. The number of fused-ring (bicyclic) bond motifs is 5. The summed E-state index contributed by atoms with van der Waals surface area (Å²) < 4.78 is 0. The Kier molecular flexibility index (Phi) is 9.56. The van der Waals surface area contributed by atoms with E-state index >= 15 is 0 Å². The highest BCUT2D eigenvalue weighted by molar-refractivity contribution is 7.99. The molecule has 2 fully saturated rings. The van der Waals surface area contributed by atoms with Gasteiger partial charge >= 0.3 is 0 Å². The van der Waals surface area contributed by atoms with E-state index in [0.717, 1.165) is 51.2 Å². The van der Waals surface area contributed by atoms with Crippen LogP contribution in [-0.2, 0) is 26.2 Å². The third-order valence-electron chi connectivity index (χ3n) is 11.7. The van der Waals surface area contributed by atoms with Gasteiger partial charge in [-0.25, -0.2) is 0 Å². The lowest BCUT2D eigenvalue weighted by Crippen LogP contribution is -2.54. The van der Waals surface area contributed by atoms with Crippen LogP contribution in [0.3, 0.4) is 0 Å². The Hall–Kier alpha value is -5.74. The highest BCUT2D eigenvalue weighted by Gasteiger charge is 2.46. The molecule has 8 rings (SSSR count). The molecule has 4 heterocycles. The Morgan fingerprint density at radius 1 is 0.946 bits per heavy atom. The summed E-state index contributed by atoms with van der Waals surface area (Å²) in [4.78, 5) is 87.4. The SMILES string of the molecule is CCc1cc2c(cc1N1CCN(C(=O)CCCCSc3cccc4c3C(=O)N(C3CCC(=O)NC3=O)C4=O)CC1)C(C)(C)c1[nH]c3cc(C#N)ccc3c1C2=O. The number of piperazine rings is 1. The van der Waals surface area contributed by atoms with Crippen LogP contribution in [0.2, 0.25) is 0 Å². The maximum atomic E-state index is 14.1. The molecular weight excluding hydrogens is 729 g/mol. The lowest BCUT2D eigenvalue weighted by atomic mass is 9.70. The summed E-state index contributed by atoms with van der Waals surface area (Å²) in [6.45, 7) is 8.91. The summed E-state index contributed by atoms with van der Waals surface area (Å²) in [5.41, 5.74) is 6.80. The molecule has 1 unspecified atom stereocenters. The van der Waals surface area contributed by atoms with Crippen LogP contribution in [0.15, 0.2) is 53.4 Å². The van der Waals surface area contributed by atoms with Gasteiger partial charge in [0.15, 0.2) is 5.78 Å². The van der Waals surface area contributed by atoms with E-state index in [-0.39, 0.29) is 30.1 Å². The molecule has 0 bridgehead atoms. The number of thioether (sulfide) groups is 1. The zero-order chi connectivity index (χ0) is 39.5. The number of rotatable bonds is 9. The number of carbonyl (C=O) groups is 6. The fourth-order valence-corrected chi connectivity index (χ4v) is 9.76. The number of unbranched alkanes of at least 4 members (excludes halogenated alkanes) is 1. The van der Waals surface area contributed by atoms with Crippen molar-refractivity contribution >= 4 is 63.7 Å². The summed E-state index contributed by atoms with van der Waals surface area (Å²) >= 11 is 1.46. The molecule has 2 N–H and O–H groups in total. The van der Waals surface area contributed by atoms with Gasteiger partial charge in [-0.15, -0.1) is 11.8 Å². The number of nitrogens with one attached hydrogen (secondary N) is 2. The molecule has 1 aromatic heterocycles. The number of nitriles is 1. The van der Waals surface area contributed by atoms with Crippen LogP contribution in [0.4, 0.5) is 5.69 Å². The monoisotopic (exact) mass is 770 g/mol. The van der Waals surface area contributed by atoms with Crippen LogP contribution in [-0.4, -0.2) is 88.1 Å². The number of ketones is 1. The van der Waals surface area contributed by atoms with E-state index in [9.17, 15) is 34.0 Å². The molecule has 1 atom stereocenters. The largest absolute Gasteiger partial charge is 0.368 e. The van der Waals surface area contributed by atoms with Crippen LogP contribution in [0.5, 0.6) is 0 Å². The molecule has 0 radical (unpaired) electrons. The first-order valence-corrected chi connectivity index (χ1v) is 20.2. The minimum absolute atomic E-state index is 0.00644. The molecule has 4 aromatic rings. The molecule has 0 spiro atoms. The number of anilines is 1. The van der Waals surface area contributed by atoms with Gasteiger partial charge in [0, 0.05) is 77.2 Å². The average Bonchev–Trinajstić information content (AvgIpc) is 3.71. The fourth-order valence-electron chi connectivity index (χ4n) is 8.68. The van der Waals surface area contributed by atoms with Crippen molar-refractivity contribution in [3.8, 4) is 6.07 Å². The van der Waals surface area contributed by atoms with Gasteiger partial charge in [-0.2, -0.15) is 5.26 Å². The molecule has 0 saturated carbocycles. The number of imide groups is 2. The van der Waals surface area contributed by atoms with Crippen molar-refractivity contribution in [2.75, 3.05) is 36.8 Å². The van der Waals surface area contributed by atoms with E-state index in [1.807, 2.05) is 11.0 Å². The second-order valence-corrected chi connectivity index (χ2v) is 16.5. The van der Waals surface area contributed by atoms with Crippen molar-refractivity contribution in [2.24, 2.45) is 0 Å². The number of piperidine rings is 1. The van der Waals surface area contributed by atoms with Crippen molar-refractivity contribution in [1.29, 1.82) is 5.26 Å². The Balaban J connectivity index is 0.871. The third kappa shape index (κ3) is 6.16. The molecule has 56 heavy (non-hydrogen) atoms. The molecule has 5 amide bonds. The van der Waals surface area contributed by atoms with E-state index in [2.05, 4.69) is 54.2 Å². The van der Waals surface area contributed by atoms with E-state index in [0.29, 0.717) is 71.9 Å². The topological polar surface area (TPSA) is 164 Å². The van der Waals surface area contributed by atoms with E-state index in [1.54, 1.807) is 30.3 Å². The Labute approximate surface area is 328 Å². The molecule has 1 aliphatic carbocycles. The third-order valence-corrected chi connectivity index (χ3v) is 12.9. The number of H-pyrrole nitrogens is 1. The number of hydrogen-bond donors (Lipinski definition) is 2. The van der Waals surface area contributed by atoms with Crippen LogP contribution in [0.1, 0.15) is 112 Å². The summed E-state index contributed by atoms with van der Waals surface area (Å²) in [7, 11) is 0. The number of nitrogens with zero attached hydrogens (tertiary/aromatic N) is 4. The smallest absolute Gasteiger partial charge is 0.263 e. The van der Waals surface area contributed by atoms with Crippen LogP contribution >= 0.6 is 11.8 Å². The zero-order valence-electron chi connectivity index (χ0n) is 31.6. The van der Waals surface area contributed by atoms with Gasteiger partial charge in [0.2, 0.25) is 17.7 Å². The number of aromatic nitrogens is 1. The minimum Gasteiger partial charge on any atom is -0.368 e. The average molecular weight is 771 g/mol. The first-order valence-electron chi connectivity index (χ1n) is 19.2. The van der Waals surface area contributed by atoms with Crippen molar-refractivity contribution in [3.05, 3.63) is 93.2 Å². The summed E-state index contributed by atoms with van der Waals surface area (Å²) in [5, 5.41) is 12.5. The fraction of sp³-hybridized carbons (Fsp3) is 0.372. The van der Waals surface area contributed by atoms with Crippen molar-refractivity contribution < 1.29 is 28.8 Å².